The number of aromatic nitrogens is 3. The van der Waals surface area contributed by atoms with Crippen LogP contribution >= 0.6 is 11.3 Å². The summed E-state index contributed by atoms with van der Waals surface area (Å²) < 4.78 is 20.8. The number of terminal acetylenes is 1. The van der Waals surface area contributed by atoms with Gasteiger partial charge in [-0.2, -0.15) is 0 Å². The Labute approximate surface area is 188 Å². The van der Waals surface area contributed by atoms with E-state index in [-0.39, 0.29) is 17.5 Å². The largest absolute Gasteiger partial charge is 0.381 e. The van der Waals surface area contributed by atoms with E-state index in [1.54, 1.807) is 23.7 Å². The summed E-state index contributed by atoms with van der Waals surface area (Å²) in [6.45, 7) is 2.16. The molecule has 1 fully saturated rings. The molecular weight excluding hydrogens is 427 g/mol. The van der Waals surface area contributed by atoms with E-state index < -0.39 is 11.9 Å². The van der Waals surface area contributed by atoms with Gasteiger partial charge in [0.1, 0.15) is 16.9 Å². The summed E-state index contributed by atoms with van der Waals surface area (Å²) >= 11 is 1.33. The van der Waals surface area contributed by atoms with Gasteiger partial charge in [0, 0.05) is 35.6 Å². The maximum Gasteiger partial charge on any atom is 0.205 e. The Bertz CT molecular complexity index is 1310. The number of aliphatic hydroxyl groups excluding tert-OH is 1. The molecule has 3 heterocycles. The number of hydrogen-bond acceptors (Lipinski definition) is 7. The first-order valence-electron chi connectivity index (χ1n) is 10.1. The third kappa shape index (κ3) is 3.87. The molecule has 0 aliphatic carbocycles. The molecule has 0 bridgehead atoms. The van der Waals surface area contributed by atoms with E-state index in [1.165, 1.54) is 17.4 Å². The number of thiazole rings is 1. The molecule has 2 atom stereocenters. The molecule has 160 valence electrons. The minimum Gasteiger partial charge on any atom is -0.381 e. The molecule has 1 saturated heterocycles. The number of fused-ring (bicyclic) bond motifs is 1. The number of halogens is 1. The number of benzene rings is 2. The first kappa shape index (κ1) is 20.7. The minimum atomic E-state index is -0.961. The van der Waals surface area contributed by atoms with E-state index >= 15 is 0 Å². The van der Waals surface area contributed by atoms with Crippen molar-refractivity contribution in [1.29, 1.82) is 0 Å². The zero-order valence-corrected chi connectivity index (χ0v) is 17.8. The lowest BCUT2D eigenvalue weighted by Crippen LogP contribution is -2.33. The zero-order chi connectivity index (χ0) is 22.1. The highest BCUT2D eigenvalue weighted by Gasteiger charge is 2.20. The molecule has 32 heavy (non-hydrogen) atoms. The number of nitrogens with one attached hydrogen (secondary N) is 1. The van der Waals surface area contributed by atoms with E-state index in [9.17, 15) is 9.50 Å². The standard InChI is InChI=1S/C24H19FN4O2S/c1-2-21-28-19-12-14(20-13-26-7-9-31-20)3-5-16(19)22(29-21)17-11-15(4-6-18(17)25)23(30)24-27-8-10-32-24/h1,3-6,8,10-12,20,23,26,30H,7,9,13H2. The highest BCUT2D eigenvalue weighted by molar-refractivity contribution is 7.09. The number of hydrogen-bond donors (Lipinski definition) is 2. The lowest BCUT2D eigenvalue weighted by molar-refractivity contribution is 0.0278. The fourth-order valence-electron chi connectivity index (χ4n) is 3.80. The molecule has 5 rings (SSSR count). The lowest BCUT2D eigenvalue weighted by atomic mass is 9.99. The number of aliphatic hydroxyl groups is 1. The fourth-order valence-corrected chi connectivity index (χ4v) is 4.45. The fraction of sp³-hybridized carbons (Fsp3) is 0.208. The Balaban J connectivity index is 1.63. The maximum absolute atomic E-state index is 15.0. The minimum absolute atomic E-state index is 0.0886. The lowest BCUT2D eigenvalue weighted by Gasteiger charge is -2.24. The Kier molecular flexibility index (Phi) is 5.64. The SMILES string of the molecule is C#Cc1nc(-c2cc(C(O)c3nccs3)ccc2F)c2ccc(C3CNCCO3)cc2n1. The normalized spacial score (nSPS) is 17.2. The molecule has 1 aliphatic heterocycles. The first-order valence-corrected chi connectivity index (χ1v) is 11.0. The van der Waals surface area contributed by atoms with Crippen molar-refractivity contribution in [3.8, 4) is 23.6 Å². The molecule has 2 aromatic carbocycles. The summed E-state index contributed by atoms with van der Waals surface area (Å²) in [6.07, 6.45) is 6.17. The second kappa shape index (κ2) is 8.73. The molecule has 0 amide bonds. The van der Waals surface area contributed by atoms with Gasteiger partial charge in [-0.05, 0) is 35.2 Å². The number of nitrogens with zero attached hydrogens (tertiary/aromatic N) is 3. The summed E-state index contributed by atoms with van der Waals surface area (Å²) in [5, 5.41) is 17.0. The van der Waals surface area contributed by atoms with Crippen LogP contribution in [0, 0.1) is 18.2 Å². The molecule has 0 radical (unpaired) electrons. The van der Waals surface area contributed by atoms with Crippen LogP contribution in [0.25, 0.3) is 22.2 Å². The molecule has 6 nitrogen and oxygen atoms in total. The topological polar surface area (TPSA) is 80.2 Å². The van der Waals surface area contributed by atoms with Gasteiger partial charge >= 0.3 is 0 Å². The van der Waals surface area contributed by atoms with Gasteiger partial charge in [-0.3, -0.25) is 0 Å². The first-order chi connectivity index (χ1) is 15.6. The molecule has 1 aliphatic rings. The van der Waals surface area contributed by atoms with Crippen LogP contribution < -0.4 is 5.32 Å². The third-order valence-corrected chi connectivity index (χ3v) is 6.22. The van der Waals surface area contributed by atoms with Gasteiger partial charge in [-0.15, -0.1) is 17.8 Å². The van der Waals surface area contributed by atoms with E-state index in [0.29, 0.717) is 40.3 Å². The second-order valence-corrected chi connectivity index (χ2v) is 8.32. The van der Waals surface area contributed by atoms with E-state index in [1.807, 2.05) is 18.2 Å². The molecular formula is C24H19FN4O2S. The summed E-state index contributed by atoms with van der Waals surface area (Å²) in [4.78, 5) is 13.0. The molecule has 0 saturated carbocycles. The molecule has 8 heteroatoms. The Morgan fingerprint density at radius 3 is 2.91 bits per heavy atom. The van der Waals surface area contributed by atoms with Crippen molar-refractivity contribution in [2.75, 3.05) is 19.7 Å². The van der Waals surface area contributed by atoms with Crippen molar-refractivity contribution in [2.24, 2.45) is 0 Å². The van der Waals surface area contributed by atoms with Crippen molar-refractivity contribution in [3.63, 3.8) is 0 Å². The molecule has 2 unspecified atom stereocenters. The van der Waals surface area contributed by atoms with Gasteiger partial charge < -0.3 is 15.2 Å². The van der Waals surface area contributed by atoms with Gasteiger partial charge in [-0.25, -0.2) is 19.3 Å². The Morgan fingerprint density at radius 2 is 2.16 bits per heavy atom. The van der Waals surface area contributed by atoms with Crippen LogP contribution in [-0.4, -0.2) is 39.8 Å². The van der Waals surface area contributed by atoms with Crippen molar-refractivity contribution in [1.82, 2.24) is 20.3 Å². The van der Waals surface area contributed by atoms with Crippen LogP contribution in [0.3, 0.4) is 0 Å². The molecule has 2 aromatic heterocycles. The highest BCUT2D eigenvalue weighted by atomic mass is 32.1. The van der Waals surface area contributed by atoms with Gasteiger partial charge in [0.25, 0.3) is 0 Å². The van der Waals surface area contributed by atoms with Crippen LogP contribution in [0.15, 0.2) is 48.0 Å². The van der Waals surface area contributed by atoms with Crippen molar-refractivity contribution in [2.45, 2.75) is 12.2 Å². The van der Waals surface area contributed by atoms with Gasteiger partial charge in [-0.1, -0.05) is 18.2 Å². The maximum atomic E-state index is 15.0. The van der Waals surface area contributed by atoms with Crippen molar-refractivity contribution >= 4 is 22.2 Å². The molecule has 0 spiro atoms. The summed E-state index contributed by atoms with van der Waals surface area (Å²) in [7, 11) is 0. The summed E-state index contributed by atoms with van der Waals surface area (Å²) in [6, 6.07) is 10.2. The quantitative estimate of drug-likeness (QED) is 0.466. The third-order valence-electron chi connectivity index (χ3n) is 5.40. The van der Waals surface area contributed by atoms with Crippen molar-refractivity contribution < 1.29 is 14.2 Å². The van der Waals surface area contributed by atoms with Crippen LogP contribution in [-0.2, 0) is 4.74 Å². The summed E-state index contributed by atoms with van der Waals surface area (Å²) in [5.41, 5.74) is 2.71. The van der Waals surface area contributed by atoms with Gasteiger partial charge in [0.2, 0.25) is 5.82 Å². The molecule has 2 N–H and O–H groups in total. The number of ether oxygens (including phenoxy) is 1. The van der Waals surface area contributed by atoms with Crippen LogP contribution in [0.5, 0.6) is 0 Å². The average molecular weight is 447 g/mol. The monoisotopic (exact) mass is 446 g/mol. The highest BCUT2D eigenvalue weighted by Crippen LogP contribution is 2.33. The predicted molar refractivity (Wildman–Crippen MR) is 121 cm³/mol. The zero-order valence-electron chi connectivity index (χ0n) is 17.0. The van der Waals surface area contributed by atoms with Crippen LogP contribution in [0.1, 0.15) is 34.2 Å². The van der Waals surface area contributed by atoms with Gasteiger partial charge in [0.15, 0.2) is 0 Å². The second-order valence-electron chi connectivity index (χ2n) is 7.39. The van der Waals surface area contributed by atoms with E-state index in [2.05, 4.69) is 26.2 Å². The average Bonchev–Trinajstić information content (AvgIpc) is 3.38. The smallest absolute Gasteiger partial charge is 0.205 e. The van der Waals surface area contributed by atoms with Crippen LogP contribution in [0.4, 0.5) is 4.39 Å². The summed E-state index contributed by atoms with van der Waals surface area (Å²) in [5.74, 6) is 2.16. The number of morpholine rings is 1. The Morgan fingerprint density at radius 1 is 1.25 bits per heavy atom. The molecule has 4 aromatic rings. The van der Waals surface area contributed by atoms with Crippen molar-refractivity contribution in [3.05, 3.63) is 75.8 Å². The van der Waals surface area contributed by atoms with E-state index in [4.69, 9.17) is 11.2 Å². The van der Waals surface area contributed by atoms with Gasteiger partial charge in [0.05, 0.1) is 23.9 Å². The van der Waals surface area contributed by atoms with E-state index in [0.717, 1.165) is 12.1 Å². The predicted octanol–water partition coefficient (Wildman–Crippen LogP) is 3.62. The number of rotatable bonds is 4. The Hall–Kier alpha value is -3.22. The van der Waals surface area contributed by atoms with Crippen LogP contribution in [0.2, 0.25) is 0 Å².